The molecule has 6 nitrogen and oxygen atoms in total. The number of carbonyl (C=O) groups is 2. The molecule has 0 fully saturated rings. The van der Waals surface area contributed by atoms with Crippen LogP contribution in [0.4, 0.5) is 10.2 Å². The molecule has 1 aromatic heterocycles. The molecule has 1 heterocycles. The number of pyridine rings is 1. The highest BCUT2D eigenvalue weighted by molar-refractivity contribution is 9.08. The van der Waals surface area contributed by atoms with E-state index in [0.717, 1.165) is 0 Å². The summed E-state index contributed by atoms with van der Waals surface area (Å²) < 4.78 is 24.7. The molecule has 0 spiro atoms. The van der Waals surface area contributed by atoms with E-state index in [4.69, 9.17) is 9.47 Å². The largest absolute Gasteiger partial charge is 0.455 e. The van der Waals surface area contributed by atoms with Gasteiger partial charge in [-0.1, -0.05) is 15.9 Å². The fourth-order valence-electron chi connectivity index (χ4n) is 1.59. The van der Waals surface area contributed by atoms with Crippen LogP contribution >= 0.6 is 15.9 Å². The standard InChI is InChI=1S/C17H22BrFN2O4/c1-16(2,3)24-14(22)12(15(23)25-17(4,5)6)21-13-11(19)10(9-18)7-8-20-13/h7-8H,9H2,1-6H3. The highest BCUT2D eigenvalue weighted by atomic mass is 79.9. The lowest BCUT2D eigenvalue weighted by molar-refractivity contribution is -0.151. The van der Waals surface area contributed by atoms with Crippen LogP contribution in [0.2, 0.25) is 0 Å². The van der Waals surface area contributed by atoms with E-state index < -0.39 is 34.7 Å². The highest BCUT2D eigenvalue weighted by Crippen LogP contribution is 2.21. The monoisotopic (exact) mass is 416 g/mol. The Bertz CT molecular complexity index is 661. The van der Waals surface area contributed by atoms with Gasteiger partial charge in [-0.3, -0.25) is 0 Å². The number of alkyl halides is 1. The number of ether oxygens (including phenoxy) is 2. The van der Waals surface area contributed by atoms with Gasteiger partial charge in [-0.25, -0.2) is 24.0 Å². The molecule has 0 unspecified atom stereocenters. The van der Waals surface area contributed by atoms with E-state index >= 15 is 0 Å². The van der Waals surface area contributed by atoms with Crippen molar-refractivity contribution in [2.45, 2.75) is 58.1 Å². The first kappa shape index (κ1) is 21.2. The zero-order valence-corrected chi connectivity index (χ0v) is 16.7. The van der Waals surface area contributed by atoms with Gasteiger partial charge in [0, 0.05) is 17.1 Å². The summed E-state index contributed by atoms with van der Waals surface area (Å²) >= 11 is 3.15. The molecule has 0 bridgehead atoms. The molecule has 0 atom stereocenters. The van der Waals surface area contributed by atoms with Crippen LogP contribution in [0.25, 0.3) is 0 Å². The Morgan fingerprint density at radius 3 is 2.00 bits per heavy atom. The van der Waals surface area contributed by atoms with E-state index in [2.05, 4.69) is 25.9 Å². The molecule has 0 N–H and O–H groups in total. The van der Waals surface area contributed by atoms with Gasteiger partial charge >= 0.3 is 11.9 Å². The molecule has 1 rings (SSSR count). The second-order valence-corrected chi connectivity index (χ2v) is 7.77. The number of rotatable bonds is 4. The van der Waals surface area contributed by atoms with E-state index in [1.54, 1.807) is 41.5 Å². The number of aliphatic imine (C=N–C) groups is 1. The maximum absolute atomic E-state index is 14.3. The second kappa shape index (κ2) is 8.03. The van der Waals surface area contributed by atoms with Crippen molar-refractivity contribution in [2.24, 2.45) is 4.99 Å². The minimum absolute atomic E-state index is 0.234. The number of aromatic nitrogens is 1. The Labute approximate surface area is 155 Å². The Kier molecular flexibility index (Phi) is 6.82. The van der Waals surface area contributed by atoms with Crippen molar-refractivity contribution >= 4 is 39.4 Å². The number of halogens is 2. The quantitative estimate of drug-likeness (QED) is 0.322. The SMILES string of the molecule is CC(C)(C)OC(=O)C(=Nc1nccc(CBr)c1F)C(=O)OC(C)(C)C. The minimum Gasteiger partial charge on any atom is -0.455 e. The molecule has 0 radical (unpaired) electrons. The van der Waals surface area contributed by atoms with Crippen LogP contribution < -0.4 is 0 Å². The van der Waals surface area contributed by atoms with Crippen molar-refractivity contribution in [3.05, 3.63) is 23.6 Å². The van der Waals surface area contributed by atoms with E-state index in [1.807, 2.05) is 0 Å². The van der Waals surface area contributed by atoms with E-state index in [-0.39, 0.29) is 11.1 Å². The fraction of sp³-hybridized carbons (Fsp3) is 0.529. The third kappa shape index (κ3) is 6.89. The molecule has 1 aromatic rings. The third-order valence-corrected chi connectivity index (χ3v) is 3.10. The molecule has 0 saturated carbocycles. The normalized spacial score (nSPS) is 11.7. The molecular weight excluding hydrogens is 395 g/mol. The predicted octanol–water partition coefficient (Wildman–Crippen LogP) is 3.87. The first-order chi connectivity index (χ1) is 11.3. The lowest BCUT2D eigenvalue weighted by Crippen LogP contribution is -2.37. The lowest BCUT2D eigenvalue weighted by atomic mass is 10.2. The Hall–Kier alpha value is -1.83. The smallest absolute Gasteiger partial charge is 0.365 e. The third-order valence-electron chi connectivity index (χ3n) is 2.50. The van der Waals surface area contributed by atoms with Crippen LogP contribution in [0.1, 0.15) is 47.1 Å². The Morgan fingerprint density at radius 1 is 1.12 bits per heavy atom. The zero-order valence-electron chi connectivity index (χ0n) is 15.1. The average Bonchev–Trinajstić information content (AvgIpc) is 2.42. The summed E-state index contributed by atoms with van der Waals surface area (Å²) in [5, 5.41) is 0.234. The summed E-state index contributed by atoms with van der Waals surface area (Å²) in [7, 11) is 0. The average molecular weight is 417 g/mol. The molecule has 0 aromatic carbocycles. The van der Waals surface area contributed by atoms with Gasteiger partial charge in [-0.05, 0) is 47.6 Å². The van der Waals surface area contributed by atoms with Gasteiger partial charge in [0.25, 0.3) is 0 Å². The van der Waals surface area contributed by atoms with Crippen molar-refractivity contribution in [1.29, 1.82) is 0 Å². The zero-order chi connectivity index (χ0) is 19.4. The van der Waals surface area contributed by atoms with Gasteiger partial charge in [0.05, 0.1) is 0 Å². The number of hydrogen-bond acceptors (Lipinski definition) is 6. The highest BCUT2D eigenvalue weighted by Gasteiger charge is 2.31. The van der Waals surface area contributed by atoms with Crippen molar-refractivity contribution in [2.75, 3.05) is 0 Å². The van der Waals surface area contributed by atoms with Crippen LogP contribution in [-0.4, -0.2) is 33.8 Å². The minimum atomic E-state index is -1.01. The first-order valence-corrected chi connectivity index (χ1v) is 8.71. The molecule has 0 aliphatic carbocycles. The summed E-state index contributed by atoms with van der Waals surface area (Å²) in [6.45, 7) is 9.84. The maximum Gasteiger partial charge on any atom is 0.365 e. The number of esters is 2. The molecule has 138 valence electrons. The number of carbonyl (C=O) groups excluding carboxylic acids is 2. The molecule has 0 saturated heterocycles. The van der Waals surface area contributed by atoms with Crippen LogP contribution in [0.15, 0.2) is 17.3 Å². The number of nitrogens with zero attached hydrogens (tertiary/aromatic N) is 2. The second-order valence-electron chi connectivity index (χ2n) is 7.21. The molecule has 25 heavy (non-hydrogen) atoms. The van der Waals surface area contributed by atoms with Gasteiger partial charge < -0.3 is 9.47 Å². The summed E-state index contributed by atoms with van der Waals surface area (Å²) in [6.07, 6.45) is 1.33. The van der Waals surface area contributed by atoms with Crippen LogP contribution in [0.3, 0.4) is 0 Å². The van der Waals surface area contributed by atoms with Gasteiger partial charge in [0.1, 0.15) is 11.2 Å². The predicted molar refractivity (Wildman–Crippen MR) is 95.6 cm³/mol. The first-order valence-electron chi connectivity index (χ1n) is 7.59. The van der Waals surface area contributed by atoms with E-state index in [0.29, 0.717) is 5.56 Å². The Morgan fingerprint density at radius 2 is 1.60 bits per heavy atom. The van der Waals surface area contributed by atoms with E-state index in [1.165, 1.54) is 12.3 Å². The molecule has 0 aliphatic rings. The van der Waals surface area contributed by atoms with Crippen LogP contribution in [0.5, 0.6) is 0 Å². The van der Waals surface area contributed by atoms with Crippen LogP contribution in [-0.2, 0) is 24.4 Å². The number of hydrogen-bond donors (Lipinski definition) is 0. The summed E-state index contributed by atoms with van der Waals surface area (Å²) in [4.78, 5) is 32.3. The van der Waals surface area contributed by atoms with Gasteiger partial charge in [0.2, 0.25) is 5.71 Å². The topological polar surface area (TPSA) is 77.9 Å². The summed E-state index contributed by atoms with van der Waals surface area (Å²) in [5.74, 6) is -3.13. The maximum atomic E-state index is 14.3. The van der Waals surface area contributed by atoms with E-state index in [9.17, 15) is 14.0 Å². The molecule has 8 heteroatoms. The van der Waals surface area contributed by atoms with Gasteiger partial charge in [-0.15, -0.1) is 0 Å². The van der Waals surface area contributed by atoms with Crippen LogP contribution in [0, 0.1) is 5.82 Å². The van der Waals surface area contributed by atoms with Gasteiger partial charge in [-0.2, -0.15) is 0 Å². The Balaban J connectivity index is 3.35. The molecule has 0 amide bonds. The fourth-order valence-corrected chi connectivity index (χ4v) is 2.02. The van der Waals surface area contributed by atoms with Crippen molar-refractivity contribution in [3.8, 4) is 0 Å². The summed E-state index contributed by atoms with van der Waals surface area (Å²) in [5.41, 5.74) is -2.09. The lowest BCUT2D eigenvalue weighted by Gasteiger charge is -2.22. The molecular formula is C17H22BrFN2O4. The van der Waals surface area contributed by atoms with Gasteiger partial charge in [0.15, 0.2) is 11.6 Å². The molecule has 0 aliphatic heterocycles. The van der Waals surface area contributed by atoms with Crippen molar-refractivity contribution < 1.29 is 23.5 Å². The summed E-state index contributed by atoms with van der Waals surface area (Å²) in [6, 6.07) is 1.46. The van der Waals surface area contributed by atoms with Crippen molar-refractivity contribution in [1.82, 2.24) is 4.98 Å². The van der Waals surface area contributed by atoms with Crippen molar-refractivity contribution in [3.63, 3.8) is 0 Å².